The summed E-state index contributed by atoms with van der Waals surface area (Å²) in [5, 5.41) is 0. The molecular formula is C14H13NO3. The van der Waals surface area contributed by atoms with E-state index in [-0.39, 0.29) is 0 Å². The van der Waals surface area contributed by atoms with E-state index in [1.54, 1.807) is 19.1 Å². The van der Waals surface area contributed by atoms with E-state index in [0.29, 0.717) is 18.2 Å². The Balaban J connectivity index is 2.21. The van der Waals surface area contributed by atoms with Crippen molar-refractivity contribution in [2.75, 3.05) is 6.61 Å². The summed E-state index contributed by atoms with van der Waals surface area (Å²) in [7, 11) is 0. The summed E-state index contributed by atoms with van der Waals surface area (Å²) in [6, 6.07) is 7.38. The number of ether oxygens (including phenoxy) is 2. The average molecular weight is 243 g/mol. The lowest BCUT2D eigenvalue weighted by molar-refractivity contribution is -0.130. The van der Waals surface area contributed by atoms with E-state index in [2.05, 4.69) is 11.6 Å². The van der Waals surface area contributed by atoms with E-state index >= 15 is 0 Å². The van der Waals surface area contributed by atoms with Gasteiger partial charge in [0, 0.05) is 6.92 Å². The lowest BCUT2D eigenvalue weighted by Gasteiger charge is -2.03. The van der Waals surface area contributed by atoms with Crippen molar-refractivity contribution >= 4 is 17.9 Å². The van der Waals surface area contributed by atoms with Gasteiger partial charge >= 0.3 is 5.97 Å². The number of aliphatic imine (C=N–C) groups is 1. The van der Waals surface area contributed by atoms with Crippen LogP contribution in [0.25, 0.3) is 6.08 Å². The molecule has 4 nitrogen and oxygen atoms in total. The number of carbonyl (C=O) groups excluding carboxylic acids is 1. The van der Waals surface area contributed by atoms with E-state index in [1.807, 2.05) is 24.3 Å². The summed E-state index contributed by atoms with van der Waals surface area (Å²) in [6.07, 6.45) is 3.34. The molecule has 2 rings (SSSR count). The zero-order chi connectivity index (χ0) is 13.0. The molecule has 0 radical (unpaired) electrons. The molecule has 4 heteroatoms. The van der Waals surface area contributed by atoms with Crippen LogP contribution in [0.5, 0.6) is 5.75 Å². The third-order valence-electron chi connectivity index (χ3n) is 2.26. The molecule has 1 aromatic rings. The van der Waals surface area contributed by atoms with Crippen LogP contribution in [-0.4, -0.2) is 18.5 Å². The van der Waals surface area contributed by atoms with Crippen LogP contribution < -0.4 is 4.74 Å². The maximum Gasteiger partial charge on any atom is 0.363 e. The Bertz CT molecular complexity index is 544. The number of nitrogens with zero attached hydrogens (tertiary/aromatic N) is 1. The van der Waals surface area contributed by atoms with Gasteiger partial charge in [0.1, 0.15) is 12.4 Å². The first-order valence-electron chi connectivity index (χ1n) is 5.52. The minimum atomic E-state index is -0.426. The summed E-state index contributed by atoms with van der Waals surface area (Å²) in [5.41, 5.74) is 1.13. The molecule has 0 bridgehead atoms. The quantitative estimate of drug-likeness (QED) is 0.464. The van der Waals surface area contributed by atoms with Crippen LogP contribution in [0.4, 0.5) is 0 Å². The first kappa shape index (κ1) is 12.1. The molecule has 92 valence electrons. The van der Waals surface area contributed by atoms with Crippen LogP contribution in [-0.2, 0) is 9.53 Å². The molecule has 1 heterocycles. The Hall–Kier alpha value is -2.36. The van der Waals surface area contributed by atoms with Gasteiger partial charge in [-0.05, 0) is 23.8 Å². The first-order valence-corrected chi connectivity index (χ1v) is 5.52. The van der Waals surface area contributed by atoms with Crippen LogP contribution in [0.3, 0.4) is 0 Å². The van der Waals surface area contributed by atoms with Gasteiger partial charge in [-0.2, -0.15) is 0 Å². The molecule has 18 heavy (non-hydrogen) atoms. The maximum absolute atomic E-state index is 11.4. The molecule has 0 atom stereocenters. The number of esters is 1. The van der Waals surface area contributed by atoms with Gasteiger partial charge in [0.15, 0.2) is 11.6 Å². The number of benzene rings is 1. The van der Waals surface area contributed by atoms with Gasteiger partial charge in [-0.1, -0.05) is 24.8 Å². The van der Waals surface area contributed by atoms with E-state index < -0.39 is 5.97 Å². The zero-order valence-corrected chi connectivity index (χ0v) is 10.1. The van der Waals surface area contributed by atoms with E-state index in [4.69, 9.17) is 9.47 Å². The van der Waals surface area contributed by atoms with Crippen molar-refractivity contribution in [1.29, 1.82) is 0 Å². The highest BCUT2D eigenvalue weighted by Crippen LogP contribution is 2.19. The molecule has 0 aromatic heterocycles. The molecular weight excluding hydrogens is 230 g/mol. The minimum absolute atomic E-state index is 0.299. The highest BCUT2D eigenvalue weighted by Gasteiger charge is 2.19. The Labute approximate surface area is 105 Å². The molecule has 1 aromatic carbocycles. The number of rotatable bonds is 4. The Morgan fingerprint density at radius 1 is 1.50 bits per heavy atom. The Kier molecular flexibility index (Phi) is 3.57. The molecule has 0 amide bonds. The number of carbonyl (C=O) groups is 1. The molecule has 0 unspecified atom stereocenters. The van der Waals surface area contributed by atoms with Gasteiger partial charge < -0.3 is 9.47 Å². The monoisotopic (exact) mass is 243 g/mol. The average Bonchev–Trinajstić information content (AvgIpc) is 2.66. The van der Waals surface area contributed by atoms with Crippen molar-refractivity contribution in [3.63, 3.8) is 0 Å². The largest absolute Gasteiger partial charge is 0.490 e. The van der Waals surface area contributed by atoms with Crippen molar-refractivity contribution in [3.8, 4) is 5.75 Å². The smallest absolute Gasteiger partial charge is 0.363 e. The predicted octanol–water partition coefficient (Wildman–Crippen LogP) is 2.57. The molecule has 1 aliphatic heterocycles. The molecule has 0 saturated carbocycles. The summed E-state index contributed by atoms with van der Waals surface area (Å²) in [5.74, 6) is 0.659. The van der Waals surface area contributed by atoms with Crippen LogP contribution >= 0.6 is 0 Å². The fraction of sp³-hybridized carbons (Fsp3) is 0.143. The second-order valence-corrected chi connectivity index (χ2v) is 3.72. The molecule has 0 aliphatic carbocycles. The number of cyclic esters (lactones) is 1. The van der Waals surface area contributed by atoms with Crippen molar-refractivity contribution in [1.82, 2.24) is 0 Å². The SMILES string of the molecule is C=CCOc1cccc(/C=C2\N=C(C)OC2=O)c1. The van der Waals surface area contributed by atoms with Gasteiger partial charge in [0.05, 0.1) is 0 Å². The summed E-state index contributed by atoms with van der Waals surface area (Å²) in [4.78, 5) is 15.4. The normalized spacial score (nSPS) is 16.4. The minimum Gasteiger partial charge on any atom is -0.490 e. The van der Waals surface area contributed by atoms with Crippen LogP contribution in [0, 0.1) is 0 Å². The van der Waals surface area contributed by atoms with Crippen LogP contribution in [0.1, 0.15) is 12.5 Å². The molecule has 0 N–H and O–H groups in total. The third-order valence-corrected chi connectivity index (χ3v) is 2.26. The standard InChI is InChI=1S/C14H13NO3/c1-3-7-17-12-6-4-5-11(8-12)9-13-14(16)18-10(2)15-13/h3-6,8-9H,1,7H2,2H3/b13-9-. The zero-order valence-electron chi connectivity index (χ0n) is 10.1. The van der Waals surface area contributed by atoms with E-state index in [1.165, 1.54) is 0 Å². The number of hydrogen-bond acceptors (Lipinski definition) is 4. The Morgan fingerprint density at radius 3 is 3.00 bits per heavy atom. The molecule has 0 saturated heterocycles. The second-order valence-electron chi connectivity index (χ2n) is 3.72. The second kappa shape index (κ2) is 5.31. The predicted molar refractivity (Wildman–Crippen MR) is 69.3 cm³/mol. The van der Waals surface area contributed by atoms with Crippen molar-refractivity contribution < 1.29 is 14.3 Å². The summed E-state index contributed by atoms with van der Waals surface area (Å²) < 4.78 is 10.2. The van der Waals surface area contributed by atoms with Crippen molar-refractivity contribution in [3.05, 3.63) is 48.2 Å². The summed E-state index contributed by atoms with van der Waals surface area (Å²) >= 11 is 0. The lowest BCUT2D eigenvalue weighted by atomic mass is 10.2. The maximum atomic E-state index is 11.4. The van der Waals surface area contributed by atoms with Gasteiger partial charge in [-0.25, -0.2) is 9.79 Å². The van der Waals surface area contributed by atoms with Gasteiger partial charge in [-0.3, -0.25) is 0 Å². The fourth-order valence-electron chi connectivity index (χ4n) is 1.52. The highest BCUT2D eigenvalue weighted by molar-refractivity contribution is 6.06. The van der Waals surface area contributed by atoms with E-state index in [0.717, 1.165) is 11.3 Å². The molecule has 0 fully saturated rings. The highest BCUT2D eigenvalue weighted by atomic mass is 16.6. The topological polar surface area (TPSA) is 47.9 Å². The van der Waals surface area contributed by atoms with Crippen LogP contribution in [0.2, 0.25) is 0 Å². The molecule has 1 aliphatic rings. The molecule has 0 spiro atoms. The van der Waals surface area contributed by atoms with Gasteiger partial charge in [0.2, 0.25) is 0 Å². The lowest BCUT2D eigenvalue weighted by Crippen LogP contribution is -1.99. The van der Waals surface area contributed by atoms with Gasteiger partial charge in [0.25, 0.3) is 0 Å². The van der Waals surface area contributed by atoms with Gasteiger partial charge in [-0.15, -0.1) is 0 Å². The Morgan fingerprint density at radius 2 is 2.33 bits per heavy atom. The van der Waals surface area contributed by atoms with Crippen LogP contribution in [0.15, 0.2) is 47.6 Å². The van der Waals surface area contributed by atoms with Crippen molar-refractivity contribution in [2.45, 2.75) is 6.92 Å². The third kappa shape index (κ3) is 2.85. The fourth-order valence-corrected chi connectivity index (χ4v) is 1.52. The first-order chi connectivity index (χ1) is 8.69. The van der Waals surface area contributed by atoms with E-state index in [9.17, 15) is 4.79 Å². The number of hydrogen-bond donors (Lipinski definition) is 0. The van der Waals surface area contributed by atoms with Crippen molar-refractivity contribution in [2.24, 2.45) is 4.99 Å². The summed E-state index contributed by atoms with van der Waals surface area (Å²) in [6.45, 7) is 5.67.